The van der Waals surface area contributed by atoms with Gasteiger partial charge < -0.3 is 10.2 Å². The molecule has 1 aromatic heterocycles. The number of aryl methyl sites for hydroxylation is 1. The van der Waals surface area contributed by atoms with Gasteiger partial charge in [-0.2, -0.15) is 0 Å². The van der Waals surface area contributed by atoms with Crippen LogP contribution in [0.15, 0.2) is 6.07 Å². The number of nitrogens with zero attached hydrogens (tertiary/aromatic N) is 1. The van der Waals surface area contributed by atoms with Crippen molar-refractivity contribution in [1.82, 2.24) is 10.2 Å². The number of carbonyl (C=O) groups excluding carboxylic acids is 2. The second-order valence-electron chi connectivity index (χ2n) is 7.40. The van der Waals surface area contributed by atoms with Crippen molar-refractivity contribution in [2.75, 3.05) is 14.1 Å². The van der Waals surface area contributed by atoms with Crippen molar-refractivity contribution in [3.05, 3.63) is 21.4 Å². The van der Waals surface area contributed by atoms with Crippen molar-refractivity contribution >= 4 is 23.2 Å². The summed E-state index contributed by atoms with van der Waals surface area (Å²) >= 11 is 1.60. The second kappa shape index (κ2) is 7.68. The summed E-state index contributed by atoms with van der Waals surface area (Å²) in [6, 6.07) is 2.38. The summed E-state index contributed by atoms with van der Waals surface area (Å²) in [7, 11) is 3.56. The van der Waals surface area contributed by atoms with Crippen LogP contribution in [0.3, 0.4) is 0 Å². The monoisotopic (exact) mass is 348 g/mol. The molecule has 0 aliphatic heterocycles. The molecule has 1 fully saturated rings. The zero-order chi connectivity index (χ0) is 17.1. The summed E-state index contributed by atoms with van der Waals surface area (Å²) in [6.45, 7) is 0. The van der Waals surface area contributed by atoms with E-state index in [0.717, 1.165) is 37.0 Å². The zero-order valence-corrected chi connectivity index (χ0v) is 15.6. The fourth-order valence-electron chi connectivity index (χ4n) is 3.82. The van der Waals surface area contributed by atoms with E-state index in [4.69, 9.17) is 0 Å². The van der Waals surface area contributed by atoms with E-state index < -0.39 is 0 Å². The molecule has 1 N–H and O–H groups in total. The van der Waals surface area contributed by atoms with Crippen LogP contribution < -0.4 is 5.32 Å². The molecule has 0 saturated heterocycles. The molecule has 4 nitrogen and oxygen atoms in total. The van der Waals surface area contributed by atoms with Gasteiger partial charge in [0.05, 0.1) is 4.88 Å². The molecule has 132 valence electrons. The zero-order valence-electron chi connectivity index (χ0n) is 14.8. The smallest absolute Gasteiger partial charge is 0.263 e. The normalized spacial score (nSPS) is 21.7. The fourth-order valence-corrected chi connectivity index (χ4v) is 5.05. The molecule has 1 saturated carbocycles. The maximum absolute atomic E-state index is 12.7. The van der Waals surface area contributed by atoms with Crippen LogP contribution in [0.5, 0.6) is 0 Å². The van der Waals surface area contributed by atoms with Crippen LogP contribution in [0.4, 0.5) is 0 Å². The Hall–Kier alpha value is -1.36. The highest BCUT2D eigenvalue weighted by Gasteiger charge is 2.29. The standard InChI is InChI=1S/C19H28N2O2S/c1-21(2)19(23)17-12-14-11-13(9-10-16(14)24-17)18(22)20-15-7-5-3-4-6-8-15/h12-13,15H,3-11H2,1-2H3,(H,20,22)/t13-/m0/s1. The average Bonchev–Trinajstić information content (AvgIpc) is 2.82. The van der Waals surface area contributed by atoms with Crippen LogP contribution in [0.25, 0.3) is 0 Å². The molecule has 0 unspecified atom stereocenters. The third-order valence-electron chi connectivity index (χ3n) is 5.27. The lowest BCUT2D eigenvalue weighted by molar-refractivity contribution is -0.126. The molecule has 0 aromatic carbocycles. The maximum atomic E-state index is 12.7. The van der Waals surface area contributed by atoms with Crippen LogP contribution in [0.2, 0.25) is 0 Å². The highest BCUT2D eigenvalue weighted by Crippen LogP contribution is 2.33. The molecule has 2 aliphatic rings. The van der Waals surface area contributed by atoms with Gasteiger partial charge in [-0.25, -0.2) is 0 Å². The van der Waals surface area contributed by atoms with Gasteiger partial charge in [-0.05, 0) is 43.7 Å². The molecule has 2 amide bonds. The van der Waals surface area contributed by atoms with Gasteiger partial charge in [-0.1, -0.05) is 25.7 Å². The second-order valence-corrected chi connectivity index (χ2v) is 8.53. The van der Waals surface area contributed by atoms with E-state index in [1.165, 1.54) is 36.1 Å². The maximum Gasteiger partial charge on any atom is 0.263 e. The molecular weight excluding hydrogens is 320 g/mol. The third-order valence-corrected chi connectivity index (χ3v) is 6.50. The summed E-state index contributed by atoms with van der Waals surface area (Å²) in [5, 5.41) is 3.30. The van der Waals surface area contributed by atoms with Crippen molar-refractivity contribution in [3.8, 4) is 0 Å². The van der Waals surface area contributed by atoms with E-state index in [1.807, 2.05) is 6.07 Å². The van der Waals surface area contributed by atoms with Crippen LogP contribution in [0, 0.1) is 5.92 Å². The van der Waals surface area contributed by atoms with Crippen LogP contribution in [-0.4, -0.2) is 36.9 Å². The molecule has 1 atom stereocenters. The van der Waals surface area contributed by atoms with Crippen molar-refractivity contribution in [3.63, 3.8) is 0 Å². The van der Waals surface area contributed by atoms with Crippen LogP contribution in [0.1, 0.15) is 65.1 Å². The molecular formula is C19H28N2O2S. The Morgan fingerprint density at radius 2 is 1.83 bits per heavy atom. The van der Waals surface area contributed by atoms with Crippen molar-refractivity contribution in [1.29, 1.82) is 0 Å². The Labute approximate surface area is 148 Å². The number of carbonyl (C=O) groups is 2. The van der Waals surface area contributed by atoms with Gasteiger partial charge in [0.1, 0.15) is 0 Å². The van der Waals surface area contributed by atoms with E-state index in [9.17, 15) is 9.59 Å². The molecule has 0 spiro atoms. The van der Waals surface area contributed by atoms with Crippen molar-refractivity contribution in [2.45, 2.75) is 63.8 Å². The molecule has 24 heavy (non-hydrogen) atoms. The van der Waals surface area contributed by atoms with E-state index >= 15 is 0 Å². The predicted octanol–water partition coefficient (Wildman–Crippen LogP) is 3.39. The topological polar surface area (TPSA) is 49.4 Å². The summed E-state index contributed by atoms with van der Waals surface area (Å²) in [6.07, 6.45) is 9.94. The fraction of sp³-hybridized carbons (Fsp3) is 0.684. The Bertz CT molecular complexity index is 601. The van der Waals surface area contributed by atoms with Crippen molar-refractivity contribution < 1.29 is 9.59 Å². The lowest BCUT2D eigenvalue weighted by atomic mass is 9.87. The summed E-state index contributed by atoms with van der Waals surface area (Å²) in [4.78, 5) is 28.5. The van der Waals surface area contributed by atoms with E-state index in [0.29, 0.717) is 6.04 Å². The lowest BCUT2D eigenvalue weighted by Crippen LogP contribution is -2.40. The number of fused-ring (bicyclic) bond motifs is 1. The van der Waals surface area contributed by atoms with Gasteiger partial charge in [0.25, 0.3) is 5.91 Å². The molecule has 2 aliphatic carbocycles. The quantitative estimate of drug-likeness (QED) is 0.851. The van der Waals surface area contributed by atoms with Gasteiger partial charge in [-0.15, -0.1) is 11.3 Å². The third kappa shape index (κ3) is 4.00. The first kappa shape index (κ1) is 17.5. The SMILES string of the molecule is CN(C)C(=O)c1cc2c(s1)CC[C@H](C(=O)NC1CCCCCC1)C2. The molecule has 1 aromatic rings. The van der Waals surface area contributed by atoms with Gasteiger partial charge in [0.15, 0.2) is 0 Å². The highest BCUT2D eigenvalue weighted by molar-refractivity contribution is 7.14. The minimum Gasteiger partial charge on any atom is -0.353 e. The van der Waals surface area contributed by atoms with Gasteiger partial charge in [0, 0.05) is 30.9 Å². The number of hydrogen-bond donors (Lipinski definition) is 1. The Kier molecular flexibility index (Phi) is 5.59. The number of amides is 2. The van der Waals surface area contributed by atoms with E-state index in [2.05, 4.69) is 5.32 Å². The first-order chi connectivity index (χ1) is 11.5. The van der Waals surface area contributed by atoms with Gasteiger partial charge >= 0.3 is 0 Å². The Balaban J connectivity index is 1.61. The predicted molar refractivity (Wildman–Crippen MR) is 97.5 cm³/mol. The number of rotatable bonds is 3. The molecule has 0 bridgehead atoms. The molecule has 1 heterocycles. The minimum atomic E-state index is 0.0638. The van der Waals surface area contributed by atoms with E-state index in [-0.39, 0.29) is 17.7 Å². The molecule has 0 radical (unpaired) electrons. The number of nitrogens with one attached hydrogen (secondary N) is 1. The first-order valence-electron chi connectivity index (χ1n) is 9.18. The number of thiophene rings is 1. The van der Waals surface area contributed by atoms with Gasteiger partial charge in [-0.3, -0.25) is 9.59 Å². The highest BCUT2D eigenvalue weighted by atomic mass is 32.1. The van der Waals surface area contributed by atoms with Crippen LogP contribution in [-0.2, 0) is 17.6 Å². The van der Waals surface area contributed by atoms with E-state index in [1.54, 1.807) is 30.3 Å². The molecule has 3 rings (SSSR count). The van der Waals surface area contributed by atoms with Crippen LogP contribution >= 0.6 is 11.3 Å². The molecule has 5 heteroatoms. The summed E-state index contributed by atoms with van der Waals surface area (Å²) in [5.74, 6) is 0.353. The summed E-state index contributed by atoms with van der Waals surface area (Å²) < 4.78 is 0. The first-order valence-corrected chi connectivity index (χ1v) is 10.00. The largest absolute Gasteiger partial charge is 0.353 e. The average molecular weight is 349 g/mol. The Morgan fingerprint density at radius 1 is 1.12 bits per heavy atom. The van der Waals surface area contributed by atoms with Gasteiger partial charge in [0.2, 0.25) is 5.91 Å². The van der Waals surface area contributed by atoms with Crippen molar-refractivity contribution in [2.24, 2.45) is 5.92 Å². The number of hydrogen-bond acceptors (Lipinski definition) is 3. The summed E-state index contributed by atoms with van der Waals surface area (Å²) in [5.41, 5.74) is 1.21. The minimum absolute atomic E-state index is 0.0638. The lowest BCUT2D eigenvalue weighted by Gasteiger charge is -2.24. The Morgan fingerprint density at radius 3 is 2.50 bits per heavy atom.